The Labute approximate surface area is 194 Å². The number of nitrogens with one attached hydrogen (secondary N) is 1. The number of rotatable bonds is 6. The zero-order valence-corrected chi connectivity index (χ0v) is 19.2. The number of aryl methyl sites for hydroxylation is 1. The van der Waals surface area contributed by atoms with Crippen molar-refractivity contribution in [1.29, 1.82) is 0 Å². The predicted molar refractivity (Wildman–Crippen MR) is 127 cm³/mol. The van der Waals surface area contributed by atoms with Crippen LogP contribution in [0.2, 0.25) is 0 Å². The Balaban J connectivity index is 1.22. The van der Waals surface area contributed by atoms with Crippen molar-refractivity contribution < 1.29 is 19.1 Å². The molecule has 1 atom stereocenters. The monoisotopic (exact) mass is 448 g/mol. The van der Waals surface area contributed by atoms with Gasteiger partial charge >= 0.3 is 0 Å². The maximum absolute atomic E-state index is 12.5. The maximum Gasteiger partial charge on any atom is 0.287 e. The van der Waals surface area contributed by atoms with E-state index >= 15 is 0 Å². The number of ether oxygens (including phenoxy) is 1. The van der Waals surface area contributed by atoms with Gasteiger partial charge in [0.25, 0.3) is 5.91 Å². The molecule has 2 aliphatic heterocycles. The number of fused-ring (bicyclic) bond motifs is 1. The number of amides is 1. The van der Waals surface area contributed by atoms with E-state index in [0.717, 1.165) is 50.0 Å². The highest BCUT2D eigenvalue weighted by Crippen LogP contribution is 2.35. The van der Waals surface area contributed by atoms with Gasteiger partial charge in [-0.3, -0.25) is 9.69 Å². The smallest absolute Gasteiger partial charge is 0.287 e. The molecule has 5 rings (SSSR count). The van der Waals surface area contributed by atoms with Crippen LogP contribution in [0.3, 0.4) is 0 Å². The number of likely N-dealkylation sites (tertiary alicyclic amines) is 1. The second-order valence-corrected chi connectivity index (χ2v) is 9.50. The van der Waals surface area contributed by atoms with Crippen molar-refractivity contribution in [3.05, 3.63) is 71.0 Å². The van der Waals surface area contributed by atoms with Gasteiger partial charge in [-0.25, -0.2) is 0 Å². The van der Waals surface area contributed by atoms with Gasteiger partial charge in [-0.2, -0.15) is 0 Å². The minimum Gasteiger partial charge on any atom is -0.451 e. The lowest BCUT2D eigenvalue weighted by atomic mass is 9.84. The van der Waals surface area contributed by atoms with E-state index in [1.807, 2.05) is 18.2 Å². The van der Waals surface area contributed by atoms with Gasteiger partial charge in [-0.1, -0.05) is 35.9 Å². The molecule has 2 fully saturated rings. The molecule has 33 heavy (non-hydrogen) atoms. The number of carbonyl (C=O) groups excluding carboxylic acids is 1. The van der Waals surface area contributed by atoms with Crippen LogP contribution in [0.15, 0.2) is 52.9 Å². The molecule has 2 saturated heterocycles. The standard InChI is InChI=1S/C27H32N2O4/c1-19-4-6-20(7-5-19)18-29-12-10-27(31,11-13-29)22-8-9-24-21(15-22)16-25(33-24)26(30)28-17-23-3-2-14-32-23/h4-9,15-16,23,31H,2-3,10-14,17-18H2,1H3,(H,28,30)/t23-/m0/s1. The van der Waals surface area contributed by atoms with E-state index in [9.17, 15) is 9.90 Å². The van der Waals surface area contributed by atoms with E-state index in [-0.39, 0.29) is 12.0 Å². The second-order valence-electron chi connectivity index (χ2n) is 9.50. The van der Waals surface area contributed by atoms with Crippen molar-refractivity contribution in [2.75, 3.05) is 26.2 Å². The summed E-state index contributed by atoms with van der Waals surface area (Å²) in [5.41, 5.74) is 3.25. The lowest BCUT2D eigenvalue weighted by molar-refractivity contribution is -0.0276. The Morgan fingerprint density at radius 1 is 1.15 bits per heavy atom. The highest BCUT2D eigenvalue weighted by Gasteiger charge is 2.34. The summed E-state index contributed by atoms with van der Waals surface area (Å²) in [6.07, 6.45) is 3.47. The molecular formula is C27H32N2O4. The fourth-order valence-corrected chi connectivity index (χ4v) is 4.87. The molecule has 6 heteroatoms. The van der Waals surface area contributed by atoms with Crippen molar-refractivity contribution in [2.45, 2.75) is 50.9 Å². The highest BCUT2D eigenvalue weighted by molar-refractivity contribution is 5.96. The number of nitrogens with zero attached hydrogens (tertiary/aromatic N) is 1. The summed E-state index contributed by atoms with van der Waals surface area (Å²) < 4.78 is 11.3. The SMILES string of the molecule is Cc1ccc(CN2CCC(O)(c3ccc4oc(C(=O)NC[C@@H]5CCCO5)cc4c3)CC2)cc1. The number of hydrogen-bond donors (Lipinski definition) is 2. The number of furan rings is 1. The third-order valence-electron chi connectivity index (χ3n) is 7.00. The lowest BCUT2D eigenvalue weighted by Crippen LogP contribution is -2.42. The fourth-order valence-electron chi connectivity index (χ4n) is 4.87. The van der Waals surface area contributed by atoms with Crippen molar-refractivity contribution in [1.82, 2.24) is 10.2 Å². The second kappa shape index (κ2) is 9.29. The molecule has 0 unspecified atom stereocenters. The molecule has 0 saturated carbocycles. The van der Waals surface area contributed by atoms with Crippen LogP contribution in [0, 0.1) is 6.92 Å². The van der Waals surface area contributed by atoms with Crippen molar-refractivity contribution in [2.24, 2.45) is 0 Å². The first-order valence-corrected chi connectivity index (χ1v) is 11.9. The lowest BCUT2D eigenvalue weighted by Gasteiger charge is -2.38. The van der Waals surface area contributed by atoms with Gasteiger partial charge < -0.3 is 19.6 Å². The maximum atomic E-state index is 12.5. The Bertz CT molecular complexity index is 1110. The van der Waals surface area contributed by atoms with Crippen LogP contribution in [0.4, 0.5) is 0 Å². The summed E-state index contributed by atoms with van der Waals surface area (Å²) in [4.78, 5) is 14.9. The van der Waals surface area contributed by atoms with Gasteiger partial charge in [0, 0.05) is 38.2 Å². The van der Waals surface area contributed by atoms with E-state index in [4.69, 9.17) is 9.15 Å². The van der Waals surface area contributed by atoms with Gasteiger partial charge in [-0.15, -0.1) is 0 Å². The number of hydrogen-bond acceptors (Lipinski definition) is 5. The molecular weight excluding hydrogens is 416 g/mol. The summed E-state index contributed by atoms with van der Waals surface area (Å²) in [5.74, 6) is 0.0615. The molecule has 3 heterocycles. The minimum absolute atomic E-state index is 0.0936. The molecule has 6 nitrogen and oxygen atoms in total. The molecule has 0 aliphatic carbocycles. The number of carbonyl (C=O) groups is 1. The quantitative estimate of drug-likeness (QED) is 0.593. The molecule has 2 aliphatic rings. The first-order chi connectivity index (χ1) is 16.0. The Morgan fingerprint density at radius 2 is 1.94 bits per heavy atom. The van der Waals surface area contributed by atoms with E-state index in [1.165, 1.54) is 11.1 Å². The average Bonchev–Trinajstić information content (AvgIpc) is 3.50. The van der Waals surface area contributed by atoms with Crippen LogP contribution in [0.1, 0.15) is 52.9 Å². The first kappa shape index (κ1) is 22.1. The van der Waals surface area contributed by atoms with Gasteiger partial charge in [0.05, 0.1) is 11.7 Å². The molecule has 0 bridgehead atoms. The largest absolute Gasteiger partial charge is 0.451 e. The molecule has 2 N–H and O–H groups in total. The molecule has 0 spiro atoms. The Kier molecular flexibility index (Phi) is 6.23. The summed E-state index contributed by atoms with van der Waals surface area (Å²) >= 11 is 0. The molecule has 1 aromatic heterocycles. The molecule has 3 aromatic rings. The summed E-state index contributed by atoms with van der Waals surface area (Å²) in [6.45, 7) is 5.94. The normalized spacial score (nSPS) is 20.8. The van der Waals surface area contributed by atoms with Crippen molar-refractivity contribution >= 4 is 16.9 Å². The fraction of sp³-hybridized carbons (Fsp3) is 0.444. The van der Waals surface area contributed by atoms with E-state index in [0.29, 0.717) is 30.7 Å². The zero-order valence-electron chi connectivity index (χ0n) is 19.2. The van der Waals surface area contributed by atoms with Gasteiger partial charge in [0.15, 0.2) is 5.76 Å². The van der Waals surface area contributed by atoms with Gasteiger partial charge in [0.2, 0.25) is 0 Å². The van der Waals surface area contributed by atoms with E-state index < -0.39 is 5.60 Å². The Hall–Kier alpha value is -2.67. The van der Waals surface area contributed by atoms with Crippen LogP contribution in [-0.2, 0) is 16.9 Å². The van der Waals surface area contributed by atoms with Gasteiger partial charge in [-0.05, 0) is 61.9 Å². The summed E-state index contributed by atoms with van der Waals surface area (Å²) in [6, 6.07) is 16.2. The van der Waals surface area contributed by atoms with Crippen molar-refractivity contribution in [3.63, 3.8) is 0 Å². The number of aliphatic hydroxyl groups is 1. The number of piperidine rings is 1. The number of benzene rings is 2. The van der Waals surface area contributed by atoms with E-state index in [1.54, 1.807) is 6.07 Å². The third kappa shape index (κ3) is 4.98. The summed E-state index contributed by atoms with van der Waals surface area (Å²) in [7, 11) is 0. The average molecular weight is 449 g/mol. The van der Waals surface area contributed by atoms with Gasteiger partial charge in [0.1, 0.15) is 5.58 Å². The minimum atomic E-state index is -0.864. The molecule has 0 radical (unpaired) electrons. The van der Waals surface area contributed by atoms with Crippen LogP contribution >= 0.6 is 0 Å². The molecule has 2 aromatic carbocycles. The molecule has 174 valence electrons. The Morgan fingerprint density at radius 3 is 2.67 bits per heavy atom. The zero-order chi connectivity index (χ0) is 22.8. The van der Waals surface area contributed by atoms with E-state index in [2.05, 4.69) is 41.4 Å². The van der Waals surface area contributed by atoms with Crippen LogP contribution in [0.25, 0.3) is 11.0 Å². The topological polar surface area (TPSA) is 74.9 Å². The highest BCUT2D eigenvalue weighted by atomic mass is 16.5. The van der Waals surface area contributed by atoms with Crippen molar-refractivity contribution in [3.8, 4) is 0 Å². The third-order valence-corrected chi connectivity index (χ3v) is 7.00. The molecule has 1 amide bonds. The first-order valence-electron chi connectivity index (χ1n) is 11.9. The van der Waals surface area contributed by atoms with Crippen LogP contribution in [0.5, 0.6) is 0 Å². The summed E-state index contributed by atoms with van der Waals surface area (Å²) in [5, 5.41) is 15.1. The van der Waals surface area contributed by atoms with Crippen LogP contribution in [-0.4, -0.2) is 48.3 Å². The van der Waals surface area contributed by atoms with Crippen LogP contribution < -0.4 is 5.32 Å². The predicted octanol–water partition coefficient (Wildman–Crippen LogP) is 4.13.